The molecule has 0 fully saturated rings. The first kappa shape index (κ1) is 15.4. The van der Waals surface area contributed by atoms with Crippen molar-refractivity contribution >= 4 is 5.71 Å². The van der Waals surface area contributed by atoms with E-state index in [1.165, 1.54) is 0 Å². The van der Waals surface area contributed by atoms with Gasteiger partial charge in [-0.3, -0.25) is 19.5 Å². The third kappa shape index (κ3) is 3.54. The first-order chi connectivity index (χ1) is 10.2. The van der Waals surface area contributed by atoms with E-state index in [1.54, 1.807) is 18.2 Å². The lowest BCUT2D eigenvalue weighted by atomic mass is 9.83. The summed E-state index contributed by atoms with van der Waals surface area (Å²) >= 11 is 0. The van der Waals surface area contributed by atoms with Gasteiger partial charge in [0.2, 0.25) is 6.04 Å². The molecule has 2 rings (SSSR count). The molecule has 1 heterocycles. The van der Waals surface area contributed by atoms with Crippen LogP contribution in [0.15, 0.2) is 53.2 Å². The van der Waals surface area contributed by atoms with Gasteiger partial charge < -0.3 is 0 Å². The SMILES string of the molecule is C=C/C=C(\CCCF)C1=NC2=CC=CC([N+](=O)[O-])[C@H]2CC1. The van der Waals surface area contributed by atoms with Crippen LogP contribution < -0.4 is 0 Å². The molecule has 0 aromatic carbocycles. The maximum Gasteiger partial charge on any atom is 0.239 e. The highest BCUT2D eigenvalue weighted by Gasteiger charge is 2.36. The number of hydrogen-bond donors (Lipinski definition) is 0. The molecule has 5 heteroatoms. The Kier molecular flexibility index (Phi) is 5.20. The van der Waals surface area contributed by atoms with Crippen LogP contribution in [0.2, 0.25) is 0 Å². The molecular weight excluding hydrogens is 271 g/mol. The van der Waals surface area contributed by atoms with Crippen molar-refractivity contribution in [3.63, 3.8) is 0 Å². The topological polar surface area (TPSA) is 55.5 Å². The van der Waals surface area contributed by atoms with Crippen molar-refractivity contribution in [3.8, 4) is 0 Å². The quantitative estimate of drug-likeness (QED) is 0.424. The normalized spacial score (nSPS) is 24.9. The molecule has 0 saturated carbocycles. The molecule has 1 aliphatic heterocycles. The number of hydrogen-bond acceptors (Lipinski definition) is 3. The summed E-state index contributed by atoms with van der Waals surface area (Å²) in [6.45, 7) is 3.32. The van der Waals surface area contributed by atoms with Gasteiger partial charge in [-0.1, -0.05) is 24.8 Å². The van der Waals surface area contributed by atoms with Crippen molar-refractivity contribution in [2.24, 2.45) is 10.9 Å². The van der Waals surface area contributed by atoms with Crippen LogP contribution in [0.5, 0.6) is 0 Å². The van der Waals surface area contributed by atoms with Crippen LogP contribution in [-0.4, -0.2) is 23.4 Å². The highest BCUT2D eigenvalue weighted by molar-refractivity contribution is 6.01. The molecule has 1 unspecified atom stereocenters. The van der Waals surface area contributed by atoms with E-state index in [4.69, 9.17) is 0 Å². The fourth-order valence-electron chi connectivity index (χ4n) is 2.82. The highest BCUT2D eigenvalue weighted by atomic mass is 19.1. The third-order valence-electron chi connectivity index (χ3n) is 3.84. The molecule has 4 nitrogen and oxygen atoms in total. The number of alkyl halides is 1. The number of halogens is 1. The summed E-state index contributed by atoms with van der Waals surface area (Å²) in [6, 6.07) is -0.687. The van der Waals surface area contributed by atoms with Crippen LogP contribution in [0.4, 0.5) is 4.39 Å². The van der Waals surface area contributed by atoms with Gasteiger partial charge in [0.15, 0.2) is 0 Å². The second-order valence-electron chi connectivity index (χ2n) is 5.18. The monoisotopic (exact) mass is 290 g/mol. The molecule has 0 bridgehead atoms. The Morgan fingerprint density at radius 1 is 1.62 bits per heavy atom. The first-order valence-corrected chi connectivity index (χ1v) is 7.14. The van der Waals surface area contributed by atoms with Crippen molar-refractivity contribution in [1.29, 1.82) is 0 Å². The second kappa shape index (κ2) is 7.11. The van der Waals surface area contributed by atoms with E-state index in [0.717, 1.165) is 17.0 Å². The van der Waals surface area contributed by atoms with Crippen molar-refractivity contribution < 1.29 is 9.31 Å². The molecule has 112 valence electrons. The van der Waals surface area contributed by atoms with Gasteiger partial charge in [0, 0.05) is 10.6 Å². The molecule has 0 N–H and O–H groups in total. The second-order valence-corrected chi connectivity index (χ2v) is 5.18. The van der Waals surface area contributed by atoms with Crippen LogP contribution in [-0.2, 0) is 0 Å². The largest absolute Gasteiger partial charge is 0.264 e. The van der Waals surface area contributed by atoms with Gasteiger partial charge in [-0.05, 0) is 43.4 Å². The Morgan fingerprint density at radius 2 is 2.43 bits per heavy atom. The summed E-state index contributed by atoms with van der Waals surface area (Å²) in [5.74, 6) is -0.153. The minimum Gasteiger partial charge on any atom is -0.264 e. The summed E-state index contributed by atoms with van der Waals surface area (Å²) in [6.07, 6.45) is 11.2. The molecule has 0 radical (unpaired) electrons. The maximum absolute atomic E-state index is 12.4. The summed E-state index contributed by atoms with van der Waals surface area (Å²) in [4.78, 5) is 15.4. The van der Waals surface area contributed by atoms with Gasteiger partial charge in [-0.15, -0.1) is 0 Å². The first-order valence-electron chi connectivity index (χ1n) is 7.14. The molecule has 0 aromatic rings. The molecule has 2 atom stereocenters. The molecular formula is C16H19FN2O2. The Hall–Kier alpha value is -2.04. The zero-order chi connectivity index (χ0) is 15.2. The third-order valence-corrected chi connectivity index (χ3v) is 3.84. The molecule has 0 aromatic heterocycles. The van der Waals surface area contributed by atoms with Crippen LogP contribution in [0.1, 0.15) is 25.7 Å². The lowest BCUT2D eigenvalue weighted by Gasteiger charge is -2.27. The minimum atomic E-state index is -0.687. The van der Waals surface area contributed by atoms with Gasteiger partial charge in [-0.25, -0.2) is 0 Å². The summed E-state index contributed by atoms with van der Waals surface area (Å²) in [7, 11) is 0. The van der Waals surface area contributed by atoms with Gasteiger partial charge in [0.05, 0.1) is 18.3 Å². The van der Waals surface area contributed by atoms with Crippen LogP contribution >= 0.6 is 0 Å². The lowest BCUT2D eigenvalue weighted by molar-refractivity contribution is -0.517. The number of allylic oxidation sites excluding steroid dienone is 5. The number of nitro groups is 1. The van der Waals surface area contributed by atoms with Crippen molar-refractivity contribution in [2.75, 3.05) is 6.67 Å². The summed E-state index contributed by atoms with van der Waals surface area (Å²) in [5.41, 5.74) is 2.65. The Bertz CT molecular complexity index is 546. The van der Waals surface area contributed by atoms with Crippen molar-refractivity contribution in [1.82, 2.24) is 0 Å². The van der Waals surface area contributed by atoms with E-state index in [0.29, 0.717) is 25.7 Å². The van der Waals surface area contributed by atoms with Crippen LogP contribution in [0, 0.1) is 16.0 Å². The highest BCUT2D eigenvalue weighted by Crippen LogP contribution is 2.34. The molecule has 2 aliphatic rings. The van der Waals surface area contributed by atoms with Crippen LogP contribution in [0.25, 0.3) is 0 Å². The fraction of sp³-hybridized carbons (Fsp3) is 0.438. The smallest absolute Gasteiger partial charge is 0.239 e. The van der Waals surface area contributed by atoms with Crippen molar-refractivity contribution in [2.45, 2.75) is 31.7 Å². The average Bonchev–Trinajstić information content (AvgIpc) is 2.50. The van der Waals surface area contributed by atoms with E-state index >= 15 is 0 Å². The molecule has 1 aliphatic carbocycles. The van der Waals surface area contributed by atoms with Crippen molar-refractivity contribution in [3.05, 3.63) is 58.3 Å². The van der Waals surface area contributed by atoms with E-state index in [2.05, 4.69) is 11.6 Å². The number of nitrogens with zero attached hydrogens (tertiary/aromatic N) is 2. The molecule has 0 spiro atoms. The maximum atomic E-state index is 12.4. The summed E-state index contributed by atoms with van der Waals surface area (Å²) in [5, 5.41) is 11.1. The molecule has 0 saturated heterocycles. The average molecular weight is 290 g/mol. The minimum absolute atomic E-state index is 0.153. The van der Waals surface area contributed by atoms with E-state index < -0.39 is 6.04 Å². The fourth-order valence-corrected chi connectivity index (χ4v) is 2.82. The standard InChI is InChI=1S/C16H19FN2O2/c1-2-5-12(6-4-11-17)14-10-9-13-15(18-14)7-3-8-16(13)19(20)21/h2-3,5,7-8,13,16H,1,4,6,9-11H2/b12-5+/t13-,16?/m0/s1. The van der Waals surface area contributed by atoms with Gasteiger partial charge in [-0.2, -0.15) is 0 Å². The lowest BCUT2D eigenvalue weighted by Crippen LogP contribution is -2.32. The molecule has 21 heavy (non-hydrogen) atoms. The Balaban J connectivity index is 2.23. The number of rotatable bonds is 6. The Morgan fingerprint density at radius 3 is 3.10 bits per heavy atom. The zero-order valence-corrected chi connectivity index (χ0v) is 11.9. The Labute approximate surface area is 123 Å². The zero-order valence-electron chi connectivity index (χ0n) is 11.9. The van der Waals surface area contributed by atoms with Gasteiger partial charge in [0.25, 0.3) is 0 Å². The van der Waals surface area contributed by atoms with Crippen LogP contribution in [0.3, 0.4) is 0 Å². The van der Waals surface area contributed by atoms with Gasteiger partial charge in [0.1, 0.15) is 0 Å². The van der Waals surface area contributed by atoms with Gasteiger partial charge >= 0.3 is 0 Å². The predicted octanol–water partition coefficient (Wildman–Crippen LogP) is 3.80. The molecule has 0 amide bonds. The van der Waals surface area contributed by atoms with E-state index in [1.807, 2.05) is 12.2 Å². The summed E-state index contributed by atoms with van der Waals surface area (Å²) < 4.78 is 12.4. The number of fused-ring (bicyclic) bond motifs is 1. The van der Waals surface area contributed by atoms with E-state index in [-0.39, 0.29) is 17.5 Å². The number of aliphatic imine (C=N–C) groups is 1. The van der Waals surface area contributed by atoms with E-state index in [9.17, 15) is 14.5 Å². The predicted molar refractivity (Wildman–Crippen MR) is 81.7 cm³/mol.